The van der Waals surface area contributed by atoms with E-state index >= 15 is 0 Å². The first kappa shape index (κ1) is 12.9. The molecule has 0 radical (unpaired) electrons. The molecule has 2 saturated carbocycles. The Kier molecular flexibility index (Phi) is 3.22. The van der Waals surface area contributed by atoms with Gasteiger partial charge in [0.25, 0.3) is 0 Å². The van der Waals surface area contributed by atoms with Crippen LogP contribution in [0.2, 0.25) is 0 Å². The largest absolute Gasteiger partial charge is 0.375 e. The Labute approximate surface area is 112 Å². The summed E-state index contributed by atoms with van der Waals surface area (Å²) in [5, 5.41) is 0. The number of rotatable bonds is 1. The van der Waals surface area contributed by atoms with Gasteiger partial charge in [-0.25, -0.2) is 0 Å². The first-order valence-corrected chi connectivity index (χ1v) is 7.97. The van der Waals surface area contributed by atoms with E-state index in [9.17, 15) is 0 Å². The quantitative estimate of drug-likeness (QED) is 0.774. The summed E-state index contributed by atoms with van der Waals surface area (Å²) in [6, 6.07) is 0. The van der Waals surface area contributed by atoms with Gasteiger partial charge in [0, 0.05) is 12.1 Å². The molecule has 4 atom stereocenters. The highest BCUT2D eigenvalue weighted by Gasteiger charge is 2.50. The lowest BCUT2D eigenvalue weighted by atomic mass is 9.59. The Morgan fingerprint density at radius 3 is 2.50 bits per heavy atom. The summed E-state index contributed by atoms with van der Waals surface area (Å²) in [5.41, 5.74) is 7.25. The smallest absolute Gasteiger partial charge is 0.0686 e. The number of hydrogen-bond acceptors (Lipinski definition) is 2. The highest BCUT2D eigenvalue weighted by atomic mass is 16.5. The molecule has 0 aromatic carbocycles. The zero-order valence-corrected chi connectivity index (χ0v) is 12.1. The maximum atomic E-state index is 6.91. The predicted molar refractivity (Wildman–Crippen MR) is 74.4 cm³/mol. The van der Waals surface area contributed by atoms with E-state index in [0.717, 1.165) is 12.5 Å². The lowest BCUT2D eigenvalue weighted by Crippen LogP contribution is -2.60. The molecule has 1 spiro atoms. The standard InChI is InChI=1S/C16H29NO/c1-12-4-5-13(2)16(17,10-12)14-6-9-18-15(11-14)7-3-8-15/h12-14H,3-11,17H2,1-2H3. The van der Waals surface area contributed by atoms with Gasteiger partial charge in [-0.15, -0.1) is 0 Å². The Morgan fingerprint density at radius 2 is 1.83 bits per heavy atom. The highest BCUT2D eigenvalue weighted by Crippen LogP contribution is 2.50. The van der Waals surface area contributed by atoms with Crippen LogP contribution in [0.25, 0.3) is 0 Å². The van der Waals surface area contributed by atoms with Crippen LogP contribution in [0.4, 0.5) is 0 Å². The Bertz CT molecular complexity index is 312. The molecule has 1 aliphatic heterocycles. The fourth-order valence-corrected chi connectivity index (χ4v) is 4.69. The molecule has 0 aromatic heterocycles. The van der Waals surface area contributed by atoms with Gasteiger partial charge in [-0.2, -0.15) is 0 Å². The van der Waals surface area contributed by atoms with E-state index in [1.807, 2.05) is 0 Å². The van der Waals surface area contributed by atoms with Crippen LogP contribution in [0.1, 0.15) is 65.2 Å². The van der Waals surface area contributed by atoms with E-state index in [1.165, 1.54) is 51.4 Å². The zero-order valence-electron chi connectivity index (χ0n) is 12.1. The van der Waals surface area contributed by atoms with Gasteiger partial charge in [-0.05, 0) is 62.7 Å². The Morgan fingerprint density at radius 1 is 1.06 bits per heavy atom. The molecule has 0 amide bonds. The van der Waals surface area contributed by atoms with Crippen LogP contribution < -0.4 is 5.73 Å². The molecule has 2 N–H and O–H groups in total. The summed E-state index contributed by atoms with van der Waals surface area (Å²) in [6.07, 6.45) is 10.3. The van der Waals surface area contributed by atoms with Crippen molar-refractivity contribution in [3.05, 3.63) is 0 Å². The SMILES string of the molecule is CC1CCC(C)C(N)(C2CCOC3(CCC3)C2)C1. The van der Waals surface area contributed by atoms with Crippen molar-refractivity contribution < 1.29 is 4.74 Å². The molecule has 1 heterocycles. The molecule has 0 bridgehead atoms. The third kappa shape index (κ3) is 2.02. The summed E-state index contributed by atoms with van der Waals surface area (Å²) < 4.78 is 6.07. The molecular formula is C16H29NO. The van der Waals surface area contributed by atoms with Gasteiger partial charge in [0.2, 0.25) is 0 Å². The van der Waals surface area contributed by atoms with Crippen molar-refractivity contribution >= 4 is 0 Å². The maximum Gasteiger partial charge on any atom is 0.0686 e. The minimum Gasteiger partial charge on any atom is -0.375 e. The summed E-state index contributed by atoms with van der Waals surface area (Å²) >= 11 is 0. The molecule has 2 heteroatoms. The number of hydrogen-bond donors (Lipinski definition) is 1. The average Bonchev–Trinajstić information content (AvgIpc) is 2.32. The first-order valence-electron chi connectivity index (χ1n) is 7.97. The van der Waals surface area contributed by atoms with Gasteiger partial charge in [0.05, 0.1) is 5.60 Å². The van der Waals surface area contributed by atoms with Crippen molar-refractivity contribution in [3.8, 4) is 0 Å². The fourth-order valence-electron chi connectivity index (χ4n) is 4.69. The molecule has 2 aliphatic carbocycles. The third-order valence-electron chi connectivity index (χ3n) is 6.23. The molecule has 4 unspecified atom stereocenters. The van der Waals surface area contributed by atoms with Crippen LogP contribution in [0.3, 0.4) is 0 Å². The molecule has 3 aliphatic rings. The fraction of sp³-hybridized carbons (Fsp3) is 1.00. The molecule has 1 saturated heterocycles. The first-order chi connectivity index (χ1) is 8.54. The summed E-state index contributed by atoms with van der Waals surface area (Å²) in [7, 11) is 0. The van der Waals surface area contributed by atoms with Gasteiger partial charge in [0.1, 0.15) is 0 Å². The van der Waals surface area contributed by atoms with Crippen molar-refractivity contribution in [2.24, 2.45) is 23.5 Å². The van der Waals surface area contributed by atoms with E-state index in [1.54, 1.807) is 0 Å². The minimum absolute atomic E-state index is 0.0873. The zero-order chi connectivity index (χ0) is 12.8. The van der Waals surface area contributed by atoms with E-state index in [2.05, 4.69) is 13.8 Å². The van der Waals surface area contributed by atoms with E-state index in [-0.39, 0.29) is 11.1 Å². The van der Waals surface area contributed by atoms with Gasteiger partial charge < -0.3 is 10.5 Å². The van der Waals surface area contributed by atoms with Crippen LogP contribution in [-0.2, 0) is 4.74 Å². The van der Waals surface area contributed by atoms with Crippen molar-refractivity contribution in [2.75, 3.05) is 6.61 Å². The third-order valence-corrected chi connectivity index (χ3v) is 6.23. The van der Waals surface area contributed by atoms with E-state index in [0.29, 0.717) is 11.8 Å². The average molecular weight is 251 g/mol. The van der Waals surface area contributed by atoms with Crippen LogP contribution in [0, 0.1) is 17.8 Å². The Hall–Kier alpha value is -0.0800. The molecule has 3 fully saturated rings. The number of nitrogens with two attached hydrogens (primary N) is 1. The van der Waals surface area contributed by atoms with Crippen LogP contribution in [-0.4, -0.2) is 17.7 Å². The molecule has 104 valence electrons. The Balaban J connectivity index is 1.75. The van der Waals surface area contributed by atoms with E-state index < -0.39 is 0 Å². The molecule has 18 heavy (non-hydrogen) atoms. The van der Waals surface area contributed by atoms with Gasteiger partial charge in [-0.3, -0.25) is 0 Å². The van der Waals surface area contributed by atoms with E-state index in [4.69, 9.17) is 10.5 Å². The van der Waals surface area contributed by atoms with Crippen LogP contribution in [0.15, 0.2) is 0 Å². The van der Waals surface area contributed by atoms with Crippen molar-refractivity contribution in [2.45, 2.75) is 76.4 Å². The second-order valence-electron chi connectivity index (χ2n) is 7.47. The summed E-state index contributed by atoms with van der Waals surface area (Å²) in [4.78, 5) is 0. The predicted octanol–water partition coefficient (Wildman–Crippen LogP) is 3.49. The van der Waals surface area contributed by atoms with Gasteiger partial charge in [0.15, 0.2) is 0 Å². The molecule has 0 aromatic rings. The topological polar surface area (TPSA) is 35.2 Å². The lowest BCUT2D eigenvalue weighted by molar-refractivity contribution is -0.158. The van der Waals surface area contributed by atoms with Crippen LogP contribution >= 0.6 is 0 Å². The molecule has 3 rings (SSSR count). The minimum atomic E-state index is 0.0873. The normalized spacial score (nSPS) is 47.8. The summed E-state index contributed by atoms with van der Waals surface area (Å²) in [5.74, 6) is 2.20. The second kappa shape index (κ2) is 4.49. The number of ether oxygens (including phenoxy) is 1. The van der Waals surface area contributed by atoms with Crippen LogP contribution in [0.5, 0.6) is 0 Å². The lowest BCUT2D eigenvalue weighted by Gasteiger charge is -2.55. The maximum absolute atomic E-state index is 6.91. The highest BCUT2D eigenvalue weighted by molar-refractivity contribution is 5.05. The van der Waals surface area contributed by atoms with Gasteiger partial charge >= 0.3 is 0 Å². The summed E-state index contributed by atoms with van der Waals surface area (Å²) in [6.45, 7) is 5.71. The van der Waals surface area contributed by atoms with Crippen molar-refractivity contribution in [1.82, 2.24) is 0 Å². The van der Waals surface area contributed by atoms with Crippen molar-refractivity contribution in [3.63, 3.8) is 0 Å². The molecule has 2 nitrogen and oxygen atoms in total. The monoisotopic (exact) mass is 251 g/mol. The van der Waals surface area contributed by atoms with Crippen molar-refractivity contribution in [1.29, 1.82) is 0 Å². The second-order valence-corrected chi connectivity index (χ2v) is 7.47. The van der Waals surface area contributed by atoms with Gasteiger partial charge in [-0.1, -0.05) is 20.3 Å². The molecular weight excluding hydrogens is 222 g/mol.